The zero-order valence-corrected chi connectivity index (χ0v) is 7.60. The molecule has 0 aliphatic carbocycles. The third-order valence-electron chi connectivity index (χ3n) is 2.04. The van der Waals surface area contributed by atoms with Gasteiger partial charge in [0, 0.05) is 11.6 Å². The van der Waals surface area contributed by atoms with Gasteiger partial charge in [-0.05, 0) is 6.07 Å². The van der Waals surface area contributed by atoms with Gasteiger partial charge in [0.2, 0.25) is 0 Å². The molecule has 0 fully saturated rings. The molecule has 0 aliphatic rings. The lowest BCUT2D eigenvalue weighted by atomic mass is 10.3. The molecule has 0 saturated carbocycles. The molecule has 0 aliphatic heterocycles. The molecule has 2 rings (SSSR count). The molecule has 0 radical (unpaired) electrons. The maximum absolute atomic E-state index is 11.0. The van der Waals surface area contributed by atoms with E-state index in [0.717, 1.165) is 5.39 Å². The molecule has 0 atom stereocenters. The van der Waals surface area contributed by atoms with Gasteiger partial charge in [-0.3, -0.25) is 9.55 Å². The Morgan fingerprint density at radius 2 is 2.36 bits per heavy atom. The number of carbonyl (C=O) groups excluding carboxylic acids is 1. The number of rotatable bonds is 1. The number of pyridine rings is 1. The van der Waals surface area contributed by atoms with Crippen molar-refractivity contribution in [1.82, 2.24) is 9.55 Å². The van der Waals surface area contributed by atoms with Crippen LogP contribution in [-0.4, -0.2) is 22.7 Å². The summed E-state index contributed by atoms with van der Waals surface area (Å²) >= 11 is 0. The van der Waals surface area contributed by atoms with Crippen molar-refractivity contribution >= 4 is 16.9 Å². The van der Waals surface area contributed by atoms with Crippen molar-refractivity contribution < 1.29 is 9.53 Å². The molecule has 2 aromatic heterocycles. The zero-order valence-electron chi connectivity index (χ0n) is 7.60. The standard InChI is InChI=1S/C9H9N3O2/c1-14-8-5-11-4-7-6(8)2-3-12(7)9(10)13/h2-5H,1H3,(H2,10,13). The average molecular weight is 191 g/mol. The van der Waals surface area contributed by atoms with Gasteiger partial charge in [-0.1, -0.05) is 0 Å². The summed E-state index contributed by atoms with van der Waals surface area (Å²) in [6.45, 7) is 0. The van der Waals surface area contributed by atoms with Crippen molar-refractivity contribution in [2.75, 3.05) is 7.11 Å². The topological polar surface area (TPSA) is 70.1 Å². The highest BCUT2D eigenvalue weighted by molar-refractivity contribution is 5.93. The molecule has 72 valence electrons. The van der Waals surface area contributed by atoms with Gasteiger partial charge in [0.25, 0.3) is 0 Å². The minimum Gasteiger partial charge on any atom is -0.494 e. The smallest absolute Gasteiger partial charge is 0.323 e. The number of methoxy groups -OCH3 is 1. The van der Waals surface area contributed by atoms with E-state index < -0.39 is 6.03 Å². The Hall–Kier alpha value is -2.04. The molecule has 0 saturated heterocycles. The number of fused-ring (bicyclic) bond motifs is 1. The molecule has 2 N–H and O–H groups in total. The molecule has 1 amide bonds. The van der Waals surface area contributed by atoms with Crippen molar-refractivity contribution in [2.24, 2.45) is 5.73 Å². The lowest BCUT2D eigenvalue weighted by molar-refractivity contribution is 0.251. The van der Waals surface area contributed by atoms with Crippen LogP contribution in [0.5, 0.6) is 5.75 Å². The van der Waals surface area contributed by atoms with E-state index in [2.05, 4.69) is 4.98 Å². The van der Waals surface area contributed by atoms with E-state index in [1.807, 2.05) is 0 Å². The fourth-order valence-electron chi connectivity index (χ4n) is 1.38. The monoisotopic (exact) mass is 191 g/mol. The molecular weight excluding hydrogens is 182 g/mol. The summed E-state index contributed by atoms with van der Waals surface area (Å²) in [5.41, 5.74) is 5.82. The molecule has 14 heavy (non-hydrogen) atoms. The van der Waals surface area contributed by atoms with E-state index in [4.69, 9.17) is 10.5 Å². The third-order valence-corrected chi connectivity index (χ3v) is 2.04. The Labute approximate surface area is 80.1 Å². The van der Waals surface area contributed by atoms with Crippen LogP contribution in [0.4, 0.5) is 4.79 Å². The quantitative estimate of drug-likeness (QED) is 0.730. The molecule has 5 heteroatoms. The molecule has 5 nitrogen and oxygen atoms in total. The average Bonchev–Trinajstić information content (AvgIpc) is 2.60. The van der Waals surface area contributed by atoms with Gasteiger partial charge in [0.05, 0.1) is 25.0 Å². The summed E-state index contributed by atoms with van der Waals surface area (Å²) < 4.78 is 6.42. The molecule has 0 spiro atoms. The Morgan fingerprint density at radius 1 is 1.57 bits per heavy atom. The molecule has 2 heterocycles. The fourth-order valence-corrected chi connectivity index (χ4v) is 1.38. The maximum atomic E-state index is 11.0. The highest BCUT2D eigenvalue weighted by Gasteiger charge is 2.08. The van der Waals surface area contributed by atoms with Crippen LogP contribution in [0.2, 0.25) is 0 Å². The minimum absolute atomic E-state index is 0.532. The SMILES string of the molecule is COc1cncc2c1ccn2C(N)=O. The predicted octanol–water partition coefficient (Wildman–Crippen LogP) is 0.972. The largest absolute Gasteiger partial charge is 0.494 e. The normalized spacial score (nSPS) is 10.4. The van der Waals surface area contributed by atoms with E-state index in [9.17, 15) is 4.79 Å². The van der Waals surface area contributed by atoms with E-state index in [1.54, 1.807) is 31.8 Å². The van der Waals surface area contributed by atoms with E-state index >= 15 is 0 Å². The van der Waals surface area contributed by atoms with Crippen molar-refractivity contribution in [3.63, 3.8) is 0 Å². The Kier molecular flexibility index (Phi) is 1.85. The first-order chi connectivity index (χ1) is 6.74. The minimum atomic E-state index is -0.532. The second-order valence-electron chi connectivity index (χ2n) is 2.80. The molecule has 0 unspecified atom stereocenters. The Balaban J connectivity index is 2.75. The zero-order chi connectivity index (χ0) is 10.1. The summed E-state index contributed by atoms with van der Waals surface area (Å²) in [4.78, 5) is 14.9. The summed E-state index contributed by atoms with van der Waals surface area (Å²) in [5, 5.41) is 0.821. The van der Waals surface area contributed by atoms with Crippen LogP contribution >= 0.6 is 0 Å². The van der Waals surface area contributed by atoms with Gasteiger partial charge in [-0.15, -0.1) is 0 Å². The van der Waals surface area contributed by atoms with Gasteiger partial charge >= 0.3 is 6.03 Å². The highest BCUT2D eigenvalue weighted by atomic mass is 16.5. The number of ether oxygens (including phenoxy) is 1. The van der Waals surface area contributed by atoms with Gasteiger partial charge in [-0.25, -0.2) is 4.79 Å². The number of hydrogen-bond donors (Lipinski definition) is 1. The second-order valence-corrected chi connectivity index (χ2v) is 2.80. The Bertz CT molecular complexity index is 490. The van der Waals surface area contributed by atoms with Crippen molar-refractivity contribution in [3.05, 3.63) is 24.7 Å². The van der Waals surface area contributed by atoms with Gasteiger partial charge in [0.1, 0.15) is 5.75 Å². The lowest BCUT2D eigenvalue weighted by Crippen LogP contribution is -2.18. The molecule has 2 aromatic rings. The van der Waals surface area contributed by atoms with Crippen LogP contribution in [0.3, 0.4) is 0 Å². The molecule has 0 aromatic carbocycles. The van der Waals surface area contributed by atoms with Crippen LogP contribution in [0.1, 0.15) is 0 Å². The van der Waals surface area contributed by atoms with Gasteiger partial charge < -0.3 is 10.5 Å². The summed E-state index contributed by atoms with van der Waals surface area (Å²) in [5.74, 6) is 0.627. The van der Waals surface area contributed by atoms with Crippen LogP contribution in [-0.2, 0) is 0 Å². The second kappa shape index (κ2) is 3.02. The Morgan fingerprint density at radius 3 is 3.00 bits per heavy atom. The third kappa shape index (κ3) is 1.10. The summed E-state index contributed by atoms with van der Waals surface area (Å²) in [6, 6.07) is 1.23. The number of amides is 1. The lowest BCUT2D eigenvalue weighted by Gasteiger charge is -2.01. The number of carbonyl (C=O) groups is 1. The van der Waals surface area contributed by atoms with E-state index in [-0.39, 0.29) is 0 Å². The summed E-state index contributed by atoms with van der Waals surface area (Å²) in [7, 11) is 1.55. The van der Waals surface area contributed by atoms with Crippen LogP contribution in [0.25, 0.3) is 10.9 Å². The van der Waals surface area contributed by atoms with Crippen LogP contribution < -0.4 is 10.5 Å². The van der Waals surface area contributed by atoms with Crippen molar-refractivity contribution in [1.29, 1.82) is 0 Å². The van der Waals surface area contributed by atoms with Crippen molar-refractivity contribution in [3.8, 4) is 5.75 Å². The fraction of sp³-hybridized carbons (Fsp3) is 0.111. The maximum Gasteiger partial charge on any atom is 0.323 e. The van der Waals surface area contributed by atoms with Crippen molar-refractivity contribution in [2.45, 2.75) is 0 Å². The number of aromatic nitrogens is 2. The summed E-state index contributed by atoms with van der Waals surface area (Å²) in [6.07, 6.45) is 4.76. The van der Waals surface area contributed by atoms with Crippen LogP contribution in [0, 0.1) is 0 Å². The highest BCUT2D eigenvalue weighted by Crippen LogP contribution is 2.24. The van der Waals surface area contributed by atoms with Gasteiger partial charge in [-0.2, -0.15) is 0 Å². The van der Waals surface area contributed by atoms with Crippen LogP contribution in [0.15, 0.2) is 24.7 Å². The van der Waals surface area contributed by atoms with E-state index in [1.165, 1.54) is 4.57 Å². The molecule has 0 bridgehead atoms. The number of nitrogens with zero attached hydrogens (tertiary/aromatic N) is 2. The van der Waals surface area contributed by atoms with Gasteiger partial charge in [0.15, 0.2) is 0 Å². The molecular formula is C9H9N3O2. The number of primary amides is 1. The number of nitrogens with two attached hydrogens (primary N) is 1. The number of hydrogen-bond acceptors (Lipinski definition) is 3. The first-order valence-corrected chi connectivity index (χ1v) is 4.03. The van der Waals surface area contributed by atoms with E-state index in [0.29, 0.717) is 11.3 Å². The first-order valence-electron chi connectivity index (χ1n) is 4.03. The first kappa shape index (κ1) is 8.55. The predicted molar refractivity (Wildman–Crippen MR) is 51.3 cm³/mol.